The quantitative estimate of drug-likeness (QED) is 0.389. The van der Waals surface area contributed by atoms with E-state index in [0.29, 0.717) is 0 Å². The number of aromatic amines is 4. The van der Waals surface area contributed by atoms with Gasteiger partial charge in [0.15, 0.2) is 0 Å². The molecular formula is C12H16N8. The highest BCUT2D eigenvalue weighted by atomic mass is 15.1. The van der Waals surface area contributed by atoms with Gasteiger partial charge in [-0.2, -0.15) is 10.2 Å². The molecule has 0 fully saturated rings. The number of hydrogen-bond donors (Lipinski definition) is 4. The third kappa shape index (κ3) is 10.0. The summed E-state index contributed by atoms with van der Waals surface area (Å²) in [6.45, 7) is 0. The van der Waals surface area contributed by atoms with E-state index in [1.807, 2.05) is 12.1 Å². The van der Waals surface area contributed by atoms with Crippen molar-refractivity contribution in [2.24, 2.45) is 0 Å². The van der Waals surface area contributed by atoms with Crippen LogP contribution in [0.4, 0.5) is 0 Å². The van der Waals surface area contributed by atoms with Crippen LogP contribution in [0.15, 0.2) is 74.4 Å². The van der Waals surface area contributed by atoms with Gasteiger partial charge >= 0.3 is 0 Å². The van der Waals surface area contributed by atoms with Gasteiger partial charge in [0.25, 0.3) is 0 Å². The van der Waals surface area contributed by atoms with E-state index in [9.17, 15) is 0 Å². The highest BCUT2D eigenvalue weighted by Gasteiger charge is 1.58. The summed E-state index contributed by atoms with van der Waals surface area (Å²) in [5, 5.41) is 12.4. The van der Waals surface area contributed by atoms with E-state index < -0.39 is 0 Å². The molecule has 8 heteroatoms. The number of nitrogens with one attached hydrogen (secondary N) is 4. The Morgan fingerprint density at radius 1 is 0.550 bits per heavy atom. The summed E-state index contributed by atoms with van der Waals surface area (Å²) in [4.78, 5) is 12.8. The highest BCUT2D eigenvalue weighted by Crippen LogP contribution is 1.65. The summed E-state index contributed by atoms with van der Waals surface area (Å²) < 4.78 is 0. The minimum absolute atomic E-state index is 1.62. The van der Waals surface area contributed by atoms with Crippen molar-refractivity contribution < 1.29 is 0 Å². The molecule has 4 heterocycles. The van der Waals surface area contributed by atoms with Gasteiger partial charge in [-0.25, -0.2) is 9.97 Å². The molecule has 20 heavy (non-hydrogen) atoms. The SMILES string of the molecule is c1c[nH]cn1.c1c[nH]cn1.c1cn[nH]c1.c1cn[nH]c1. The predicted molar refractivity (Wildman–Crippen MR) is 74.4 cm³/mol. The Hall–Kier alpha value is -3.16. The second-order valence-corrected chi connectivity index (χ2v) is 3.05. The fourth-order valence-electron chi connectivity index (χ4n) is 0.861. The molecule has 0 saturated heterocycles. The Morgan fingerprint density at radius 3 is 1.15 bits per heavy atom. The number of H-pyrrole nitrogens is 4. The lowest BCUT2D eigenvalue weighted by Gasteiger charge is -1.49. The van der Waals surface area contributed by atoms with Gasteiger partial charge in [0.05, 0.1) is 12.7 Å². The number of nitrogens with zero attached hydrogens (tertiary/aromatic N) is 4. The van der Waals surface area contributed by atoms with Crippen molar-refractivity contribution in [2.45, 2.75) is 0 Å². The lowest BCUT2D eigenvalue weighted by Crippen LogP contribution is -1.53. The minimum atomic E-state index is 1.62. The Morgan fingerprint density at radius 2 is 1.05 bits per heavy atom. The average molecular weight is 272 g/mol. The van der Waals surface area contributed by atoms with Crippen LogP contribution in [0.5, 0.6) is 0 Å². The molecule has 0 radical (unpaired) electrons. The molecule has 104 valence electrons. The molecule has 0 aromatic carbocycles. The third-order valence-corrected chi connectivity index (χ3v) is 1.62. The molecule has 4 aromatic rings. The topological polar surface area (TPSA) is 115 Å². The smallest absolute Gasteiger partial charge is 0.0919 e. The minimum Gasteiger partial charge on any atom is -0.351 e. The van der Waals surface area contributed by atoms with Gasteiger partial charge in [-0.1, -0.05) is 0 Å². The molecular weight excluding hydrogens is 256 g/mol. The Bertz CT molecular complexity index is 350. The highest BCUT2D eigenvalue weighted by molar-refractivity contribution is 4.72. The molecule has 0 amide bonds. The molecule has 4 aromatic heterocycles. The normalized spacial score (nSPS) is 8.00. The predicted octanol–water partition coefficient (Wildman–Crippen LogP) is 1.64. The first kappa shape index (κ1) is 14.9. The maximum atomic E-state index is 3.67. The molecule has 4 rings (SSSR count). The monoisotopic (exact) mass is 272 g/mol. The van der Waals surface area contributed by atoms with E-state index in [0.717, 1.165) is 0 Å². The molecule has 0 aliphatic rings. The Balaban J connectivity index is 0.000000133. The number of hydrogen-bond acceptors (Lipinski definition) is 4. The maximum absolute atomic E-state index is 3.67. The summed E-state index contributed by atoms with van der Waals surface area (Å²) in [6, 6.07) is 3.67. The van der Waals surface area contributed by atoms with Crippen LogP contribution in [0.2, 0.25) is 0 Å². The maximum Gasteiger partial charge on any atom is 0.0919 e. The number of aromatic nitrogens is 8. The van der Waals surface area contributed by atoms with E-state index in [2.05, 4.69) is 40.3 Å². The lowest BCUT2D eigenvalue weighted by molar-refractivity contribution is 1.09. The summed E-state index contributed by atoms with van der Waals surface area (Å²) in [5.74, 6) is 0. The van der Waals surface area contributed by atoms with E-state index in [4.69, 9.17) is 0 Å². The van der Waals surface area contributed by atoms with E-state index in [1.54, 1.807) is 62.2 Å². The molecule has 0 bridgehead atoms. The third-order valence-electron chi connectivity index (χ3n) is 1.62. The standard InChI is InChI=1S/4C3H4N2/c2*1-2-5-3-4-1;2*1-2-4-5-3-1/h4*1-3H,(H,4,5). The first-order chi connectivity index (χ1) is 10.0. The number of imidazole rings is 2. The molecule has 0 unspecified atom stereocenters. The zero-order valence-corrected chi connectivity index (χ0v) is 10.7. The zero-order valence-electron chi connectivity index (χ0n) is 10.7. The van der Waals surface area contributed by atoms with Gasteiger partial charge < -0.3 is 9.97 Å². The largest absolute Gasteiger partial charge is 0.351 e. The van der Waals surface area contributed by atoms with Crippen LogP contribution in [-0.2, 0) is 0 Å². The Labute approximate surface area is 115 Å². The second-order valence-electron chi connectivity index (χ2n) is 3.05. The van der Waals surface area contributed by atoms with E-state index >= 15 is 0 Å². The van der Waals surface area contributed by atoms with Crippen molar-refractivity contribution in [3.8, 4) is 0 Å². The molecule has 0 aliphatic carbocycles. The van der Waals surface area contributed by atoms with Gasteiger partial charge in [0.2, 0.25) is 0 Å². The van der Waals surface area contributed by atoms with Gasteiger partial charge in [-0.15, -0.1) is 0 Å². The molecule has 4 N–H and O–H groups in total. The summed E-state index contributed by atoms with van der Waals surface area (Å²) >= 11 is 0. The molecule has 0 saturated carbocycles. The summed E-state index contributed by atoms with van der Waals surface area (Å²) in [7, 11) is 0. The fraction of sp³-hybridized carbons (Fsp3) is 0. The summed E-state index contributed by atoms with van der Waals surface area (Å²) in [5.41, 5.74) is 0. The van der Waals surface area contributed by atoms with Crippen LogP contribution in [0.1, 0.15) is 0 Å². The second kappa shape index (κ2) is 12.3. The first-order valence-corrected chi connectivity index (χ1v) is 5.73. The molecule has 0 aliphatic heterocycles. The van der Waals surface area contributed by atoms with Crippen molar-refractivity contribution in [3.63, 3.8) is 0 Å². The van der Waals surface area contributed by atoms with Crippen molar-refractivity contribution in [1.29, 1.82) is 0 Å². The van der Waals surface area contributed by atoms with E-state index in [-0.39, 0.29) is 0 Å². The van der Waals surface area contributed by atoms with Crippen LogP contribution in [0, 0.1) is 0 Å². The van der Waals surface area contributed by atoms with E-state index in [1.165, 1.54) is 0 Å². The Kier molecular flexibility index (Phi) is 9.16. The van der Waals surface area contributed by atoms with Crippen LogP contribution in [-0.4, -0.2) is 40.3 Å². The van der Waals surface area contributed by atoms with Crippen LogP contribution in [0.25, 0.3) is 0 Å². The van der Waals surface area contributed by atoms with Crippen molar-refractivity contribution in [3.05, 3.63) is 74.4 Å². The fourth-order valence-corrected chi connectivity index (χ4v) is 0.861. The lowest BCUT2D eigenvalue weighted by atomic mass is 10.8. The zero-order chi connectivity index (χ0) is 14.1. The average Bonchev–Trinajstić information content (AvgIpc) is 3.40. The van der Waals surface area contributed by atoms with Gasteiger partial charge in [-0.05, 0) is 12.1 Å². The van der Waals surface area contributed by atoms with Crippen molar-refractivity contribution in [2.75, 3.05) is 0 Å². The van der Waals surface area contributed by atoms with Gasteiger partial charge in [0, 0.05) is 49.6 Å². The first-order valence-electron chi connectivity index (χ1n) is 5.73. The van der Waals surface area contributed by atoms with Crippen molar-refractivity contribution >= 4 is 0 Å². The number of rotatable bonds is 0. The molecule has 8 nitrogen and oxygen atoms in total. The van der Waals surface area contributed by atoms with Crippen LogP contribution >= 0.6 is 0 Å². The molecule has 0 atom stereocenters. The van der Waals surface area contributed by atoms with Gasteiger partial charge in [0.1, 0.15) is 0 Å². The molecule has 0 spiro atoms. The van der Waals surface area contributed by atoms with Gasteiger partial charge in [-0.3, -0.25) is 10.2 Å². The van der Waals surface area contributed by atoms with Crippen LogP contribution < -0.4 is 0 Å². The summed E-state index contributed by atoms with van der Waals surface area (Å²) in [6.07, 6.45) is 17.1. The van der Waals surface area contributed by atoms with Crippen molar-refractivity contribution in [1.82, 2.24) is 40.3 Å². The van der Waals surface area contributed by atoms with Crippen LogP contribution in [0.3, 0.4) is 0 Å².